The zero-order chi connectivity index (χ0) is 16.3. The summed E-state index contributed by atoms with van der Waals surface area (Å²) in [6, 6.07) is 4.94. The quantitative estimate of drug-likeness (QED) is 0.851. The van der Waals surface area contributed by atoms with Gasteiger partial charge < -0.3 is 14.8 Å². The largest absolute Gasteiger partial charge is 0.490 e. The molecule has 0 aliphatic carbocycles. The summed E-state index contributed by atoms with van der Waals surface area (Å²) >= 11 is 0. The van der Waals surface area contributed by atoms with E-state index in [1.807, 2.05) is 6.92 Å². The Morgan fingerprint density at radius 1 is 1.25 bits per heavy atom. The van der Waals surface area contributed by atoms with Crippen molar-refractivity contribution >= 4 is 22.4 Å². The van der Waals surface area contributed by atoms with Crippen molar-refractivity contribution in [3.63, 3.8) is 0 Å². The van der Waals surface area contributed by atoms with Crippen molar-refractivity contribution in [2.45, 2.75) is 37.1 Å². The lowest BCUT2D eigenvalue weighted by atomic mass is 10.2. The zero-order valence-corrected chi connectivity index (χ0v) is 15.5. The van der Waals surface area contributed by atoms with E-state index in [0.29, 0.717) is 37.8 Å². The maximum absolute atomic E-state index is 13.1. The van der Waals surface area contributed by atoms with E-state index in [9.17, 15) is 8.42 Å². The van der Waals surface area contributed by atoms with Crippen molar-refractivity contribution in [3.8, 4) is 11.5 Å². The Morgan fingerprint density at radius 2 is 2.00 bits per heavy atom. The second kappa shape index (κ2) is 8.38. The van der Waals surface area contributed by atoms with E-state index >= 15 is 0 Å². The van der Waals surface area contributed by atoms with Crippen molar-refractivity contribution in [1.82, 2.24) is 9.62 Å². The van der Waals surface area contributed by atoms with E-state index in [1.54, 1.807) is 22.5 Å². The van der Waals surface area contributed by atoms with Gasteiger partial charge in [-0.25, -0.2) is 8.42 Å². The van der Waals surface area contributed by atoms with E-state index < -0.39 is 10.0 Å². The molecule has 1 aromatic carbocycles. The molecule has 0 aromatic heterocycles. The van der Waals surface area contributed by atoms with Gasteiger partial charge in [0.1, 0.15) is 0 Å². The normalized spacial score (nSPS) is 20.5. The molecule has 1 fully saturated rings. The lowest BCUT2D eigenvalue weighted by Crippen LogP contribution is -2.42. The lowest BCUT2D eigenvalue weighted by Gasteiger charge is -2.27. The van der Waals surface area contributed by atoms with Crippen LogP contribution in [0.4, 0.5) is 0 Å². The number of hydrogen-bond donors (Lipinski definition) is 1. The number of rotatable bonds is 5. The van der Waals surface area contributed by atoms with E-state index in [4.69, 9.17) is 9.47 Å². The second-order valence-electron chi connectivity index (χ2n) is 5.92. The van der Waals surface area contributed by atoms with Crippen LogP contribution in [0, 0.1) is 0 Å². The van der Waals surface area contributed by atoms with Crippen LogP contribution in [0.15, 0.2) is 23.1 Å². The van der Waals surface area contributed by atoms with Crippen LogP contribution in [-0.4, -0.2) is 51.6 Å². The summed E-state index contributed by atoms with van der Waals surface area (Å²) in [4.78, 5) is 0.280. The molecule has 8 heteroatoms. The van der Waals surface area contributed by atoms with E-state index in [2.05, 4.69) is 5.32 Å². The number of halogens is 1. The van der Waals surface area contributed by atoms with Gasteiger partial charge in [0.15, 0.2) is 11.5 Å². The van der Waals surface area contributed by atoms with Gasteiger partial charge >= 0.3 is 0 Å². The fourth-order valence-electron chi connectivity index (χ4n) is 3.04. The Kier molecular flexibility index (Phi) is 6.74. The molecule has 2 aliphatic heterocycles. The number of fused-ring (bicyclic) bond motifs is 1. The summed E-state index contributed by atoms with van der Waals surface area (Å²) in [7, 11) is -3.53. The molecule has 1 N–H and O–H groups in total. The van der Waals surface area contributed by atoms with E-state index in [0.717, 1.165) is 25.8 Å². The Bertz CT molecular complexity index is 647. The van der Waals surface area contributed by atoms with Crippen molar-refractivity contribution in [2.75, 3.05) is 32.8 Å². The fourth-order valence-corrected chi connectivity index (χ4v) is 4.81. The first-order valence-electron chi connectivity index (χ1n) is 8.25. The topological polar surface area (TPSA) is 67.9 Å². The highest BCUT2D eigenvalue weighted by atomic mass is 35.5. The first-order chi connectivity index (χ1) is 11.1. The van der Waals surface area contributed by atoms with Gasteiger partial charge in [0.05, 0.1) is 18.1 Å². The molecular formula is C16H25ClN2O4S. The lowest BCUT2D eigenvalue weighted by molar-refractivity contribution is 0.296. The summed E-state index contributed by atoms with van der Waals surface area (Å²) in [6.07, 6.45) is 2.44. The fraction of sp³-hybridized carbons (Fsp3) is 0.625. The van der Waals surface area contributed by atoms with Gasteiger partial charge in [-0.15, -0.1) is 12.4 Å². The SMILES string of the molecule is CCCN(C1CCNC1)S(=O)(=O)c1ccc2c(c1)OCCCO2.Cl. The summed E-state index contributed by atoms with van der Waals surface area (Å²) in [6.45, 7) is 5.24. The molecule has 1 aromatic rings. The van der Waals surface area contributed by atoms with Crippen LogP contribution in [0.3, 0.4) is 0 Å². The standard InChI is InChI=1S/C16H24N2O4S.ClH/c1-2-8-18(13-6-7-17-12-13)23(19,20)14-4-5-15-16(11-14)22-10-3-9-21-15;/h4-5,11,13,17H,2-3,6-10,12H2,1H3;1H. The molecule has 24 heavy (non-hydrogen) atoms. The van der Waals surface area contributed by atoms with Gasteiger partial charge in [-0.3, -0.25) is 0 Å². The van der Waals surface area contributed by atoms with Crippen LogP contribution in [0.25, 0.3) is 0 Å². The summed E-state index contributed by atoms with van der Waals surface area (Å²) in [5.74, 6) is 1.13. The zero-order valence-electron chi connectivity index (χ0n) is 13.9. The number of hydrogen-bond acceptors (Lipinski definition) is 5. The average Bonchev–Trinajstić information content (AvgIpc) is 2.96. The maximum atomic E-state index is 13.1. The molecule has 1 saturated heterocycles. The summed E-state index contributed by atoms with van der Waals surface area (Å²) in [5, 5.41) is 3.24. The van der Waals surface area contributed by atoms with Crippen molar-refractivity contribution < 1.29 is 17.9 Å². The van der Waals surface area contributed by atoms with Crippen LogP contribution >= 0.6 is 12.4 Å². The van der Waals surface area contributed by atoms with Crippen molar-refractivity contribution in [3.05, 3.63) is 18.2 Å². The van der Waals surface area contributed by atoms with Crippen molar-refractivity contribution in [1.29, 1.82) is 0 Å². The van der Waals surface area contributed by atoms with E-state index in [-0.39, 0.29) is 23.3 Å². The maximum Gasteiger partial charge on any atom is 0.243 e. The number of nitrogens with one attached hydrogen (secondary N) is 1. The number of ether oxygens (including phenoxy) is 2. The van der Waals surface area contributed by atoms with Crippen LogP contribution in [0.2, 0.25) is 0 Å². The molecule has 0 saturated carbocycles. The van der Waals surface area contributed by atoms with Gasteiger partial charge in [-0.1, -0.05) is 6.92 Å². The minimum atomic E-state index is -3.53. The predicted octanol–water partition coefficient (Wildman–Crippen LogP) is 2.03. The molecule has 1 unspecified atom stereocenters. The van der Waals surface area contributed by atoms with Gasteiger partial charge in [0.25, 0.3) is 0 Å². The Hall–Kier alpha value is -1.02. The third kappa shape index (κ3) is 3.96. The molecule has 0 amide bonds. The molecule has 1 atom stereocenters. The monoisotopic (exact) mass is 376 g/mol. The first-order valence-corrected chi connectivity index (χ1v) is 9.69. The van der Waals surface area contributed by atoms with Crippen LogP contribution in [0.5, 0.6) is 11.5 Å². The molecular weight excluding hydrogens is 352 g/mol. The molecule has 6 nitrogen and oxygen atoms in total. The molecule has 0 bridgehead atoms. The number of benzene rings is 1. The van der Waals surface area contributed by atoms with Gasteiger partial charge in [0.2, 0.25) is 10.0 Å². The molecule has 3 rings (SSSR count). The Balaban J connectivity index is 0.00000208. The Labute approximate surface area is 150 Å². The van der Waals surface area contributed by atoms with E-state index in [1.165, 1.54) is 0 Å². The molecule has 0 spiro atoms. The van der Waals surface area contributed by atoms with Gasteiger partial charge in [0, 0.05) is 31.6 Å². The molecule has 0 radical (unpaired) electrons. The van der Waals surface area contributed by atoms with Gasteiger partial charge in [-0.05, 0) is 31.5 Å². The number of nitrogens with zero attached hydrogens (tertiary/aromatic N) is 1. The van der Waals surface area contributed by atoms with Crippen LogP contribution < -0.4 is 14.8 Å². The van der Waals surface area contributed by atoms with Crippen LogP contribution in [-0.2, 0) is 10.0 Å². The number of sulfonamides is 1. The molecule has 136 valence electrons. The highest BCUT2D eigenvalue weighted by Gasteiger charge is 2.33. The highest BCUT2D eigenvalue weighted by Crippen LogP contribution is 2.33. The summed E-state index contributed by atoms with van der Waals surface area (Å²) in [5.41, 5.74) is 0. The minimum absolute atomic E-state index is 0. The predicted molar refractivity (Wildman–Crippen MR) is 94.8 cm³/mol. The van der Waals surface area contributed by atoms with Crippen LogP contribution in [0.1, 0.15) is 26.2 Å². The third-order valence-electron chi connectivity index (χ3n) is 4.21. The first kappa shape index (κ1) is 19.3. The van der Waals surface area contributed by atoms with Gasteiger partial charge in [-0.2, -0.15) is 4.31 Å². The smallest absolute Gasteiger partial charge is 0.243 e. The third-order valence-corrected chi connectivity index (χ3v) is 6.16. The average molecular weight is 377 g/mol. The summed E-state index contributed by atoms with van der Waals surface area (Å²) < 4.78 is 39.0. The minimum Gasteiger partial charge on any atom is -0.490 e. The highest BCUT2D eigenvalue weighted by molar-refractivity contribution is 7.89. The second-order valence-corrected chi connectivity index (χ2v) is 7.81. The molecule has 2 heterocycles. The molecule has 2 aliphatic rings. The Morgan fingerprint density at radius 3 is 2.67 bits per heavy atom. The van der Waals surface area contributed by atoms with Crippen molar-refractivity contribution in [2.24, 2.45) is 0 Å².